The molecule has 3 heterocycles. The van der Waals surface area contributed by atoms with Crippen molar-refractivity contribution in [3.8, 4) is 0 Å². The SMILES string of the molecule is O=C(Cc1cn2ccccc2n1)NC(Cc1c[nH]c2ccccc12)C(=O)O. The number of carbonyl (C=O) groups excluding carboxylic acids is 1. The number of hydrogen-bond acceptors (Lipinski definition) is 3. The number of amides is 1. The van der Waals surface area contributed by atoms with Crippen LogP contribution in [-0.4, -0.2) is 37.4 Å². The molecule has 3 aromatic heterocycles. The van der Waals surface area contributed by atoms with Gasteiger partial charge in [-0.15, -0.1) is 0 Å². The molecule has 4 rings (SSSR count). The van der Waals surface area contributed by atoms with Gasteiger partial charge in [0.05, 0.1) is 12.1 Å². The second-order valence-corrected chi connectivity index (χ2v) is 6.40. The Morgan fingerprint density at radius 3 is 2.81 bits per heavy atom. The Morgan fingerprint density at radius 1 is 1.19 bits per heavy atom. The number of hydrogen-bond donors (Lipinski definition) is 3. The van der Waals surface area contributed by atoms with E-state index in [1.165, 1.54) is 0 Å². The molecule has 1 atom stereocenters. The summed E-state index contributed by atoms with van der Waals surface area (Å²) in [5, 5.41) is 13.1. The number of H-pyrrole nitrogens is 1. The van der Waals surface area contributed by atoms with Crippen LogP contribution in [0.25, 0.3) is 16.6 Å². The van der Waals surface area contributed by atoms with Crippen LogP contribution in [0, 0.1) is 0 Å². The van der Waals surface area contributed by atoms with Crippen molar-refractivity contribution >= 4 is 28.4 Å². The van der Waals surface area contributed by atoms with Crippen LogP contribution in [0.4, 0.5) is 0 Å². The Kier molecular flexibility index (Phi) is 4.33. The van der Waals surface area contributed by atoms with Crippen LogP contribution in [0.15, 0.2) is 61.1 Å². The lowest BCUT2D eigenvalue weighted by Crippen LogP contribution is -2.43. The van der Waals surface area contributed by atoms with Crippen molar-refractivity contribution in [1.29, 1.82) is 0 Å². The number of fused-ring (bicyclic) bond motifs is 2. The number of aromatic amines is 1. The van der Waals surface area contributed by atoms with Crippen molar-refractivity contribution in [3.63, 3.8) is 0 Å². The van der Waals surface area contributed by atoms with Gasteiger partial charge in [0.25, 0.3) is 0 Å². The van der Waals surface area contributed by atoms with Crippen molar-refractivity contribution in [2.75, 3.05) is 0 Å². The number of nitrogens with zero attached hydrogens (tertiary/aromatic N) is 2. The zero-order valence-corrected chi connectivity index (χ0v) is 14.4. The van der Waals surface area contributed by atoms with Crippen molar-refractivity contribution in [2.24, 2.45) is 0 Å². The molecule has 0 radical (unpaired) electrons. The number of nitrogens with one attached hydrogen (secondary N) is 2. The summed E-state index contributed by atoms with van der Waals surface area (Å²) in [6.07, 6.45) is 5.63. The van der Waals surface area contributed by atoms with Crippen molar-refractivity contribution in [2.45, 2.75) is 18.9 Å². The summed E-state index contributed by atoms with van der Waals surface area (Å²) >= 11 is 0. The van der Waals surface area contributed by atoms with Crippen LogP contribution in [-0.2, 0) is 22.4 Å². The van der Waals surface area contributed by atoms with E-state index >= 15 is 0 Å². The number of carboxylic acids is 1. The number of carboxylic acid groups (broad SMARTS) is 1. The second-order valence-electron chi connectivity index (χ2n) is 6.40. The molecule has 0 spiro atoms. The molecule has 7 nitrogen and oxygen atoms in total. The van der Waals surface area contributed by atoms with Gasteiger partial charge in [0.2, 0.25) is 5.91 Å². The normalized spacial score (nSPS) is 12.3. The Hall–Kier alpha value is -3.61. The topological polar surface area (TPSA) is 99.5 Å². The largest absolute Gasteiger partial charge is 0.480 e. The van der Waals surface area contributed by atoms with Gasteiger partial charge in [0.1, 0.15) is 11.7 Å². The van der Waals surface area contributed by atoms with Crippen molar-refractivity contribution in [1.82, 2.24) is 19.7 Å². The molecule has 3 N–H and O–H groups in total. The highest BCUT2D eigenvalue weighted by molar-refractivity contribution is 5.87. The van der Waals surface area contributed by atoms with Crippen LogP contribution in [0.2, 0.25) is 0 Å². The molecule has 0 aliphatic rings. The highest BCUT2D eigenvalue weighted by atomic mass is 16.4. The number of aromatic nitrogens is 3. The minimum atomic E-state index is -1.07. The highest BCUT2D eigenvalue weighted by Gasteiger charge is 2.22. The summed E-state index contributed by atoms with van der Waals surface area (Å²) in [7, 11) is 0. The molecule has 0 aliphatic heterocycles. The molecule has 1 amide bonds. The zero-order chi connectivity index (χ0) is 18.8. The van der Waals surface area contributed by atoms with Crippen LogP contribution in [0.5, 0.6) is 0 Å². The van der Waals surface area contributed by atoms with Gasteiger partial charge in [-0.25, -0.2) is 9.78 Å². The molecule has 7 heteroatoms. The number of para-hydroxylation sites is 1. The third-order valence-corrected chi connectivity index (χ3v) is 4.49. The Bertz CT molecular complexity index is 1100. The van der Waals surface area contributed by atoms with Crippen LogP contribution >= 0.6 is 0 Å². The lowest BCUT2D eigenvalue weighted by Gasteiger charge is -2.14. The molecule has 0 fully saturated rings. The van der Waals surface area contributed by atoms with E-state index in [9.17, 15) is 14.7 Å². The van der Waals surface area contributed by atoms with Gasteiger partial charge in [-0.1, -0.05) is 24.3 Å². The maximum Gasteiger partial charge on any atom is 0.326 e. The van der Waals surface area contributed by atoms with E-state index in [0.717, 1.165) is 22.1 Å². The fourth-order valence-electron chi connectivity index (χ4n) is 3.20. The maximum atomic E-state index is 12.4. The highest BCUT2D eigenvalue weighted by Crippen LogP contribution is 2.19. The van der Waals surface area contributed by atoms with E-state index in [4.69, 9.17) is 0 Å². The Balaban J connectivity index is 1.47. The zero-order valence-electron chi connectivity index (χ0n) is 14.4. The summed E-state index contributed by atoms with van der Waals surface area (Å²) in [4.78, 5) is 31.5. The molecule has 0 saturated carbocycles. The fraction of sp³-hybridized carbons (Fsp3) is 0.150. The molecule has 0 aliphatic carbocycles. The quantitative estimate of drug-likeness (QED) is 0.489. The summed E-state index contributed by atoms with van der Waals surface area (Å²) in [6, 6.07) is 12.3. The molecule has 4 aromatic rings. The lowest BCUT2D eigenvalue weighted by atomic mass is 10.0. The predicted molar refractivity (Wildman–Crippen MR) is 100 cm³/mol. The van der Waals surface area contributed by atoms with Crippen LogP contribution < -0.4 is 5.32 Å². The molecule has 136 valence electrons. The third kappa shape index (κ3) is 3.52. The van der Waals surface area contributed by atoms with Gasteiger partial charge in [0, 0.05) is 35.9 Å². The molecule has 27 heavy (non-hydrogen) atoms. The lowest BCUT2D eigenvalue weighted by molar-refractivity contribution is -0.141. The number of benzene rings is 1. The molecule has 0 saturated heterocycles. The fourth-order valence-corrected chi connectivity index (χ4v) is 3.20. The average molecular weight is 362 g/mol. The first-order valence-electron chi connectivity index (χ1n) is 8.60. The van der Waals surface area contributed by atoms with Gasteiger partial charge < -0.3 is 19.8 Å². The minimum Gasteiger partial charge on any atom is -0.480 e. The summed E-state index contributed by atoms with van der Waals surface area (Å²) in [6.45, 7) is 0. The second kappa shape index (κ2) is 6.95. The standard InChI is InChI=1S/C20H18N4O3/c25-19(10-14-12-24-8-4-3-7-18(24)22-14)23-17(20(26)27)9-13-11-21-16-6-2-1-5-15(13)16/h1-8,11-12,17,21H,9-10H2,(H,23,25)(H,26,27). The van der Waals surface area contributed by atoms with Gasteiger partial charge in [0.15, 0.2) is 0 Å². The van der Waals surface area contributed by atoms with E-state index in [1.807, 2.05) is 53.1 Å². The molecule has 1 aromatic carbocycles. The number of pyridine rings is 1. The predicted octanol–water partition coefficient (Wildman–Crippen LogP) is 2.17. The van der Waals surface area contributed by atoms with E-state index < -0.39 is 12.0 Å². The van der Waals surface area contributed by atoms with E-state index in [1.54, 1.807) is 12.4 Å². The van der Waals surface area contributed by atoms with Gasteiger partial charge in [-0.05, 0) is 23.8 Å². The van der Waals surface area contributed by atoms with Crippen LogP contribution in [0.3, 0.4) is 0 Å². The summed E-state index contributed by atoms with van der Waals surface area (Å²) < 4.78 is 1.82. The van der Waals surface area contributed by atoms with E-state index in [2.05, 4.69) is 15.3 Å². The first kappa shape index (κ1) is 16.8. The van der Waals surface area contributed by atoms with E-state index in [-0.39, 0.29) is 18.7 Å². The average Bonchev–Trinajstić information content (AvgIpc) is 3.24. The Morgan fingerprint density at radius 2 is 2.00 bits per heavy atom. The van der Waals surface area contributed by atoms with Gasteiger partial charge in [-0.3, -0.25) is 4.79 Å². The maximum absolute atomic E-state index is 12.4. The molecular formula is C20H18N4O3. The van der Waals surface area contributed by atoms with Crippen molar-refractivity contribution < 1.29 is 14.7 Å². The smallest absolute Gasteiger partial charge is 0.326 e. The monoisotopic (exact) mass is 362 g/mol. The summed E-state index contributed by atoms with van der Waals surface area (Å²) in [5.41, 5.74) is 3.13. The third-order valence-electron chi connectivity index (χ3n) is 4.49. The summed E-state index contributed by atoms with van der Waals surface area (Å²) in [5.74, 6) is -1.44. The number of carbonyl (C=O) groups is 2. The number of imidazole rings is 1. The number of aliphatic carboxylic acids is 1. The van der Waals surface area contributed by atoms with Crippen LogP contribution in [0.1, 0.15) is 11.3 Å². The molecule has 0 bridgehead atoms. The molecule has 1 unspecified atom stereocenters. The van der Waals surface area contributed by atoms with Gasteiger partial charge >= 0.3 is 5.97 Å². The first-order valence-corrected chi connectivity index (χ1v) is 8.60. The first-order chi connectivity index (χ1) is 13.1. The van der Waals surface area contributed by atoms with Gasteiger partial charge in [-0.2, -0.15) is 0 Å². The number of rotatable bonds is 6. The Labute approximate surface area is 154 Å². The van der Waals surface area contributed by atoms with Crippen molar-refractivity contribution in [3.05, 3.63) is 72.3 Å². The van der Waals surface area contributed by atoms with E-state index in [0.29, 0.717) is 5.69 Å². The minimum absolute atomic E-state index is 0.0271. The molecular weight excluding hydrogens is 344 g/mol.